The summed E-state index contributed by atoms with van der Waals surface area (Å²) < 4.78 is 2.36. The maximum atomic E-state index is 10.0. The molecule has 0 saturated heterocycles. The van der Waals surface area contributed by atoms with Crippen molar-refractivity contribution in [2.24, 2.45) is 0 Å². The van der Waals surface area contributed by atoms with Crippen LogP contribution in [0.5, 0.6) is 0 Å². The van der Waals surface area contributed by atoms with Gasteiger partial charge in [-0.15, -0.1) is 0 Å². The summed E-state index contributed by atoms with van der Waals surface area (Å²) in [5.41, 5.74) is 13.2. The van der Waals surface area contributed by atoms with E-state index in [9.17, 15) is 5.26 Å². The third-order valence-electron chi connectivity index (χ3n) is 9.23. The van der Waals surface area contributed by atoms with Gasteiger partial charge in [0.2, 0.25) is 0 Å². The van der Waals surface area contributed by atoms with Gasteiger partial charge in [-0.3, -0.25) is 0 Å². The zero-order chi connectivity index (χ0) is 28.0. The normalized spacial score (nSPS) is 15.7. The summed E-state index contributed by atoms with van der Waals surface area (Å²) in [6.07, 6.45) is 0. The third-order valence-corrected chi connectivity index (χ3v) is 9.23. The van der Waals surface area contributed by atoms with E-state index >= 15 is 0 Å². The Morgan fingerprint density at radius 2 is 1.31 bits per heavy atom. The van der Waals surface area contributed by atoms with Gasteiger partial charge in [0, 0.05) is 16.5 Å². The molecule has 2 aliphatic carbocycles. The lowest BCUT2D eigenvalue weighted by atomic mass is 9.69. The fourth-order valence-electron chi connectivity index (χ4n) is 7.72. The standard InChI is InChI=1S/C39H21N3/c1-41-25-16-18-29-28-17-15-24(23-40)21-33(28)39(34(29)22-25)32-13-7-5-11-27(32)30-19-20-36-37(38(30)39)31-12-6-8-14-35(31)42(36)26-9-3-2-4-10-26/h2-22H. The van der Waals surface area contributed by atoms with Gasteiger partial charge in [0.15, 0.2) is 5.69 Å². The van der Waals surface area contributed by atoms with Gasteiger partial charge in [-0.1, -0.05) is 91.0 Å². The Morgan fingerprint density at radius 3 is 2.14 bits per heavy atom. The van der Waals surface area contributed by atoms with Crippen LogP contribution in [-0.2, 0) is 5.41 Å². The second kappa shape index (κ2) is 8.07. The molecular formula is C39H21N3. The van der Waals surface area contributed by atoms with Gasteiger partial charge in [-0.2, -0.15) is 5.26 Å². The molecule has 42 heavy (non-hydrogen) atoms. The summed E-state index contributed by atoms with van der Waals surface area (Å²) in [6, 6.07) is 47.0. The summed E-state index contributed by atoms with van der Waals surface area (Å²) in [7, 11) is 0. The summed E-state index contributed by atoms with van der Waals surface area (Å²) in [5, 5.41) is 12.4. The fraction of sp³-hybridized carbons (Fsp3) is 0.0256. The maximum Gasteiger partial charge on any atom is 0.187 e. The van der Waals surface area contributed by atoms with Crippen molar-refractivity contribution < 1.29 is 0 Å². The van der Waals surface area contributed by atoms with Crippen LogP contribution >= 0.6 is 0 Å². The highest BCUT2D eigenvalue weighted by molar-refractivity contribution is 6.16. The van der Waals surface area contributed by atoms with Gasteiger partial charge in [0.25, 0.3) is 0 Å². The minimum atomic E-state index is -0.671. The van der Waals surface area contributed by atoms with E-state index in [0.29, 0.717) is 11.3 Å². The van der Waals surface area contributed by atoms with Crippen LogP contribution in [0.15, 0.2) is 127 Å². The molecule has 3 nitrogen and oxygen atoms in total. The Labute approximate surface area is 243 Å². The van der Waals surface area contributed by atoms with E-state index in [1.807, 2.05) is 12.1 Å². The van der Waals surface area contributed by atoms with Crippen molar-refractivity contribution in [2.45, 2.75) is 5.41 Å². The zero-order valence-electron chi connectivity index (χ0n) is 22.5. The Balaban J connectivity index is 1.56. The predicted octanol–water partition coefficient (Wildman–Crippen LogP) is 9.55. The Bertz CT molecular complexity index is 2310. The minimum absolute atomic E-state index is 0.617. The van der Waals surface area contributed by atoms with E-state index in [4.69, 9.17) is 6.57 Å². The first-order chi connectivity index (χ1) is 20.8. The lowest BCUT2D eigenvalue weighted by Crippen LogP contribution is -2.26. The highest BCUT2D eigenvalue weighted by Crippen LogP contribution is 2.65. The molecule has 1 unspecified atom stereocenters. The summed E-state index contributed by atoms with van der Waals surface area (Å²) >= 11 is 0. The highest BCUT2D eigenvalue weighted by atomic mass is 15.0. The monoisotopic (exact) mass is 531 g/mol. The second-order valence-corrected chi connectivity index (χ2v) is 11.1. The molecule has 0 saturated carbocycles. The first-order valence-corrected chi connectivity index (χ1v) is 14.0. The van der Waals surface area contributed by atoms with Crippen molar-refractivity contribution in [1.82, 2.24) is 4.57 Å². The summed E-state index contributed by atoms with van der Waals surface area (Å²) in [5.74, 6) is 0. The van der Waals surface area contributed by atoms with Gasteiger partial charge in [0.1, 0.15) is 0 Å². The van der Waals surface area contributed by atoms with Crippen LogP contribution in [0.2, 0.25) is 0 Å². The number of nitrogens with zero attached hydrogens (tertiary/aromatic N) is 3. The number of rotatable bonds is 1. The van der Waals surface area contributed by atoms with Crippen molar-refractivity contribution in [2.75, 3.05) is 0 Å². The molecule has 0 amide bonds. The quantitative estimate of drug-likeness (QED) is 0.194. The summed E-state index contributed by atoms with van der Waals surface area (Å²) in [4.78, 5) is 3.86. The van der Waals surface area contributed by atoms with Gasteiger partial charge in [-0.25, -0.2) is 4.85 Å². The van der Waals surface area contributed by atoms with Crippen LogP contribution < -0.4 is 0 Å². The van der Waals surface area contributed by atoms with E-state index in [1.54, 1.807) is 0 Å². The second-order valence-electron chi connectivity index (χ2n) is 11.1. The zero-order valence-corrected chi connectivity index (χ0v) is 22.5. The number of aromatic nitrogens is 1. The Kier molecular flexibility index (Phi) is 4.40. The van der Waals surface area contributed by atoms with Crippen LogP contribution in [0.1, 0.15) is 27.8 Å². The minimum Gasteiger partial charge on any atom is -0.309 e. The average Bonchev–Trinajstić information content (AvgIpc) is 3.66. The van der Waals surface area contributed by atoms with Gasteiger partial charge in [-0.05, 0) is 80.9 Å². The molecule has 2 aliphatic rings. The van der Waals surface area contributed by atoms with Gasteiger partial charge < -0.3 is 4.57 Å². The molecule has 1 atom stereocenters. The van der Waals surface area contributed by atoms with Crippen LogP contribution in [0.4, 0.5) is 5.69 Å². The van der Waals surface area contributed by atoms with E-state index in [1.165, 1.54) is 33.0 Å². The fourth-order valence-corrected chi connectivity index (χ4v) is 7.72. The Morgan fingerprint density at radius 1 is 0.619 bits per heavy atom. The molecule has 1 heterocycles. The first-order valence-electron chi connectivity index (χ1n) is 14.0. The number of hydrogen-bond acceptors (Lipinski definition) is 1. The molecule has 9 rings (SSSR count). The maximum absolute atomic E-state index is 10.0. The molecule has 1 aromatic heterocycles. The van der Waals surface area contributed by atoms with E-state index in [2.05, 4.69) is 131 Å². The molecule has 6 aromatic carbocycles. The lowest BCUT2D eigenvalue weighted by molar-refractivity contribution is 0.802. The van der Waals surface area contributed by atoms with Crippen LogP contribution in [0.3, 0.4) is 0 Å². The topological polar surface area (TPSA) is 33.1 Å². The van der Waals surface area contributed by atoms with Crippen molar-refractivity contribution in [1.29, 1.82) is 5.26 Å². The van der Waals surface area contributed by atoms with E-state index < -0.39 is 5.41 Å². The molecule has 0 aliphatic heterocycles. The van der Waals surface area contributed by atoms with Crippen molar-refractivity contribution in [3.63, 3.8) is 0 Å². The third kappa shape index (κ3) is 2.63. The average molecular weight is 532 g/mol. The van der Waals surface area contributed by atoms with Gasteiger partial charge >= 0.3 is 0 Å². The van der Waals surface area contributed by atoms with Crippen molar-refractivity contribution in [3.8, 4) is 34.0 Å². The molecule has 0 N–H and O–H groups in total. The Hall–Kier alpha value is -5.90. The molecular weight excluding hydrogens is 510 g/mol. The number of nitriles is 1. The number of para-hydroxylation sites is 2. The van der Waals surface area contributed by atoms with Crippen LogP contribution in [0.25, 0.3) is 54.6 Å². The van der Waals surface area contributed by atoms with Crippen LogP contribution in [0, 0.1) is 17.9 Å². The molecule has 192 valence electrons. The van der Waals surface area contributed by atoms with Crippen molar-refractivity contribution >= 4 is 27.5 Å². The molecule has 0 bridgehead atoms. The molecule has 0 fully saturated rings. The van der Waals surface area contributed by atoms with Crippen molar-refractivity contribution in [3.05, 3.63) is 167 Å². The number of benzene rings is 6. The SMILES string of the molecule is [C-]#[N+]c1ccc2c(c1)C1(c3cc(C#N)ccc3-2)c2ccccc2-c2ccc3c(c21)c1ccccc1n3-c1ccccc1. The van der Waals surface area contributed by atoms with Gasteiger partial charge in [0.05, 0.1) is 34.7 Å². The summed E-state index contributed by atoms with van der Waals surface area (Å²) in [6.45, 7) is 7.90. The molecule has 1 spiro atoms. The smallest absolute Gasteiger partial charge is 0.187 e. The van der Waals surface area contributed by atoms with Crippen LogP contribution in [-0.4, -0.2) is 4.57 Å². The number of hydrogen-bond donors (Lipinski definition) is 0. The first kappa shape index (κ1) is 22.9. The van der Waals surface area contributed by atoms with E-state index in [0.717, 1.165) is 39.0 Å². The number of fused-ring (bicyclic) bond motifs is 14. The highest BCUT2D eigenvalue weighted by Gasteiger charge is 2.53. The predicted molar refractivity (Wildman–Crippen MR) is 168 cm³/mol. The largest absolute Gasteiger partial charge is 0.309 e. The molecule has 3 heteroatoms. The van der Waals surface area contributed by atoms with E-state index in [-0.39, 0.29) is 0 Å². The molecule has 0 radical (unpaired) electrons. The lowest BCUT2D eigenvalue weighted by Gasteiger charge is -2.31. The molecule has 7 aromatic rings.